The van der Waals surface area contributed by atoms with Crippen molar-refractivity contribution in [1.29, 1.82) is 0 Å². The van der Waals surface area contributed by atoms with Crippen LogP contribution in [0, 0.1) is 26.0 Å². The summed E-state index contributed by atoms with van der Waals surface area (Å²) in [5.41, 5.74) is 8.34. The Bertz CT molecular complexity index is 1930. The Morgan fingerprint density at radius 1 is 0.932 bits per heavy atom. The van der Waals surface area contributed by atoms with Gasteiger partial charge in [0.15, 0.2) is 0 Å². The second kappa shape index (κ2) is 12.4. The third-order valence-corrected chi connectivity index (χ3v) is 8.22. The number of benzene rings is 4. The largest absolute Gasteiger partial charge is 0.536 e. The molecule has 3 heterocycles. The summed E-state index contributed by atoms with van der Waals surface area (Å²) in [6, 6.07) is 27.1. The van der Waals surface area contributed by atoms with Gasteiger partial charge in [0, 0.05) is 63.4 Å². The smallest absolute Gasteiger partial charge is 0.0776 e. The summed E-state index contributed by atoms with van der Waals surface area (Å²) in [5.74, 6) is 2.22. The summed E-state index contributed by atoms with van der Waals surface area (Å²) < 4.78 is 13.0. The van der Waals surface area contributed by atoms with Gasteiger partial charge in [-0.1, -0.05) is 56.3 Å². The van der Waals surface area contributed by atoms with E-state index in [4.69, 9.17) is 14.5 Å². The van der Waals surface area contributed by atoms with Crippen molar-refractivity contribution in [3.05, 3.63) is 108 Å². The van der Waals surface area contributed by atoms with Crippen LogP contribution < -0.4 is 14.4 Å². The van der Waals surface area contributed by atoms with Gasteiger partial charge in [-0.3, -0.25) is 4.98 Å². The second-order valence-electron chi connectivity index (χ2n) is 11.7. The van der Waals surface area contributed by atoms with Crippen LogP contribution >= 0.6 is 0 Å². The fourth-order valence-electron chi connectivity index (χ4n) is 6.37. The summed E-state index contributed by atoms with van der Waals surface area (Å²) >= 11 is 0. The average Bonchev–Trinajstić information content (AvgIpc) is 3.58. The van der Waals surface area contributed by atoms with Crippen molar-refractivity contribution >= 4 is 27.4 Å². The maximum Gasteiger partial charge on any atom is 0.0776 e. The van der Waals surface area contributed by atoms with Crippen LogP contribution in [0.4, 0.5) is 5.69 Å². The van der Waals surface area contributed by atoms with Crippen LogP contribution in [0.5, 0.6) is 11.5 Å². The second-order valence-corrected chi connectivity index (χ2v) is 11.7. The Morgan fingerprint density at radius 2 is 1.70 bits per heavy atom. The fraction of sp³-hybridized carbons (Fsp3) is 0.243. The number of hydrogen-bond donors (Lipinski definition) is 0. The third-order valence-electron chi connectivity index (χ3n) is 8.22. The van der Waals surface area contributed by atoms with Crippen molar-refractivity contribution in [2.45, 2.75) is 33.1 Å². The van der Waals surface area contributed by atoms with Gasteiger partial charge in [-0.25, -0.2) is 0 Å². The molecule has 4 aromatic carbocycles. The molecule has 0 fully saturated rings. The molecule has 44 heavy (non-hydrogen) atoms. The quantitative estimate of drug-likeness (QED) is 0.135. The summed E-state index contributed by atoms with van der Waals surface area (Å²) in [6.45, 7) is 9.83. The zero-order chi connectivity index (χ0) is 30.3. The zero-order valence-electron chi connectivity index (χ0n) is 26.2. The van der Waals surface area contributed by atoms with Crippen LogP contribution in [0.15, 0.2) is 79.3 Å². The van der Waals surface area contributed by atoms with Gasteiger partial charge in [-0.15, -0.1) is 46.7 Å². The predicted octanol–water partition coefficient (Wildman–Crippen LogP) is 7.89. The standard InChI is InChI=1S/C20H21N2O2.C17H15N2.Ir/c1-20(2)11-22(3)15-10-21-19-13(18(15)20)7-6-12-8-16(23-4)17(24-5)9-14(12)19;1-13-7-6-8-14(2)16(13)19-12-11-18-17(19)15-9-4-3-5-10-15;/h6-8,10H,11H2,1-5H3;3-9,11-12H,1-2H3;/q2*-1;. The Hall–Kier alpha value is -4.19. The number of rotatable bonds is 4. The summed E-state index contributed by atoms with van der Waals surface area (Å²) in [4.78, 5) is 11.5. The van der Waals surface area contributed by atoms with Gasteiger partial charge in [0.25, 0.3) is 0 Å². The van der Waals surface area contributed by atoms with Crippen molar-refractivity contribution in [1.82, 2.24) is 14.5 Å². The minimum atomic E-state index is 0. The molecule has 2 aromatic heterocycles. The number of anilines is 1. The van der Waals surface area contributed by atoms with Crippen molar-refractivity contribution in [2.75, 3.05) is 32.7 Å². The zero-order valence-corrected chi connectivity index (χ0v) is 28.5. The molecule has 0 atom stereocenters. The molecular weight excluding hydrogens is 725 g/mol. The topological polar surface area (TPSA) is 52.4 Å². The molecule has 7 heteroatoms. The number of nitrogens with zero attached hydrogens (tertiary/aromatic N) is 4. The third kappa shape index (κ3) is 5.47. The van der Waals surface area contributed by atoms with E-state index in [2.05, 4.69) is 91.7 Å². The maximum atomic E-state index is 5.43. The molecule has 0 unspecified atom stereocenters. The number of methoxy groups -OCH3 is 2. The molecule has 0 amide bonds. The molecule has 0 spiro atoms. The molecule has 6 nitrogen and oxygen atoms in total. The van der Waals surface area contributed by atoms with Gasteiger partial charge in [0.1, 0.15) is 0 Å². The van der Waals surface area contributed by atoms with E-state index in [1.807, 2.05) is 48.9 Å². The molecule has 7 rings (SSSR count). The van der Waals surface area contributed by atoms with Crippen LogP contribution in [0.25, 0.3) is 38.8 Å². The first kappa shape index (κ1) is 31.2. The Kier molecular flexibility index (Phi) is 8.83. The SMILES string of the molecule is COc1[c-]c2c(ccc3c4c(cnc32)N(C)CC4(C)C)cc1OC.Cc1cccc(C)c1-n1ccnc1-c1[c-]cccc1.[Ir]. The van der Waals surface area contributed by atoms with Gasteiger partial charge in [-0.05, 0) is 41.4 Å². The van der Waals surface area contributed by atoms with Gasteiger partial charge in [-0.2, -0.15) is 0 Å². The Morgan fingerprint density at radius 3 is 2.39 bits per heavy atom. The van der Waals surface area contributed by atoms with Crippen LogP contribution in [-0.4, -0.2) is 42.3 Å². The molecule has 0 saturated heterocycles. The molecule has 0 saturated carbocycles. The van der Waals surface area contributed by atoms with Crippen LogP contribution in [0.2, 0.25) is 0 Å². The number of para-hydroxylation sites is 1. The first-order chi connectivity index (χ1) is 20.7. The molecule has 1 radical (unpaired) electrons. The monoisotopic (exact) mass is 761 g/mol. The average molecular weight is 761 g/mol. The minimum Gasteiger partial charge on any atom is -0.536 e. The number of aromatic nitrogens is 3. The molecule has 0 aliphatic carbocycles. The number of ether oxygens (including phenoxy) is 2. The van der Waals surface area contributed by atoms with E-state index in [0.717, 1.165) is 34.2 Å². The van der Waals surface area contributed by atoms with Gasteiger partial charge in [0.05, 0.1) is 37.2 Å². The van der Waals surface area contributed by atoms with Crippen LogP contribution in [0.1, 0.15) is 30.5 Å². The van der Waals surface area contributed by atoms with Gasteiger partial charge in [0.2, 0.25) is 0 Å². The Balaban J connectivity index is 0.000000175. The summed E-state index contributed by atoms with van der Waals surface area (Å²) in [5, 5.41) is 3.22. The van der Waals surface area contributed by atoms with Crippen molar-refractivity contribution in [2.24, 2.45) is 0 Å². The molecule has 0 N–H and O–H groups in total. The van der Waals surface area contributed by atoms with E-state index >= 15 is 0 Å². The molecule has 0 bridgehead atoms. The molecule has 6 aromatic rings. The van der Waals surface area contributed by atoms with Crippen molar-refractivity contribution < 1.29 is 29.6 Å². The number of likely N-dealkylation sites (N-methyl/N-ethyl adjacent to an activating group) is 1. The van der Waals surface area contributed by atoms with Crippen molar-refractivity contribution in [3.8, 4) is 28.6 Å². The minimum absolute atomic E-state index is 0. The molecule has 1 aliphatic rings. The number of fused-ring (bicyclic) bond motifs is 5. The summed E-state index contributed by atoms with van der Waals surface area (Å²) in [7, 11) is 5.40. The summed E-state index contributed by atoms with van der Waals surface area (Å²) in [6.07, 6.45) is 5.82. The molecule has 227 valence electrons. The van der Waals surface area contributed by atoms with Crippen LogP contribution in [-0.2, 0) is 25.5 Å². The maximum absolute atomic E-state index is 5.43. The molecular formula is C37H36IrN4O2-2. The van der Waals surface area contributed by atoms with E-state index in [1.54, 1.807) is 14.2 Å². The van der Waals surface area contributed by atoms with Crippen LogP contribution in [0.3, 0.4) is 0 Å². The first-order valence-corrected chi connectivity index (χ1v) is 14.4. The van der Waals surface area contributed by atoms with Gasteiger partial charge < -0.3 is 23.9 Å². The Labute approximate surface area is 273 Å². The fourth-order valence-corrected chi connectivity index (χ4v) is 6.37. The van der Waals surface area contributed by atoms with E-state index in [-0.39, 0.29) is 25.5 Å². The first-order valence-electron chi connectivity index (χ1n) is 14.4. The number of aryl methyl sites for hydroxylation is 2. The normalized spacial score (nSPS) is 13.2. The number of hydrogen-bond acceptors (Lipinski definition) is 5. The van der Waals surface area contributed by atoms with Crippen molar-refractivity contribution in [3.63, 3.8) is 0 Å². The van der Waals surface area contributed by atoms with E-state index in [0.29, 0.717) is 11.5 Å². The number of imidazole rings is 1. The molecule has 1 aliphatic heterocycles. The van der Waals surface area contributed by atoms with Gasteiger partial charge >= 0.3 is 0 Å². The number of pyridine rings is 1. The van der Waals surface area contributed by atoms with E-state index in [1.165, 1.54) is 33.5 Å². The van der Waals surface area contributed by atoms with E-state index in [9.17, 15) is 0 Å². The predicted molar refractivity (Wildman–Crippen MR) is 175 cm³/mol. The van der Waals surface area contributed by atoms with E-state index < -0.39 is 0 Å².